The minimum absolute atomic E-state index is 0.326. The van der Waals surface area contributed by atoms with E-state index in [9.17, 15) is 14.0 Å². The van der Waals surface area contributed by atoms with Crippen molar-refractivity contribution in [1.29, 1.82) is 0 Å². The number of halogens is 1. The van der Waals surface area contributed by atoms with Gasteiger partial charge in [0.15, 0.2) is 0 Å². The number of hydrogen-bond acceptors (Lipinski definition) is 2. The summed E-state index contributed by atoms with van der Waals surface area (Å²) in [5.41, 5.74) is 1.05. The Kier molecular flexibility index (Phi) is 5.29. The van der Waals surface area contributed by atoms with Crippen LogP contribution in [0.25, 0.3) is 0 Å². The molecule has 2 N–H and O–H groups in total. The van der Waals surface area contributed by atoms with Crippen LogP contribution in [-0.4, -0.2) is 35.1 Å². The van der Waals surface area contributed by atoms with E-state index < -0.39 is 17.8 Å². The smallest absolute Gasteiger partial charge is 0.323 e. The quantitative estimate of drug-likeness (QED) is 0.861. The van der Waals surface area contributed by atoms with Gasteiger partial charge in [-0.3, -0.25) is 4.79 Å². The second kappa shape index (κ2) is 6.72. The summed E-state index contributed by atoms with van der Waals surface area (Å²) in [5.74, 6) is -1.54. The molecule has 0 radical (unpaired) electrons. The van der Waals surface area contributed by atoms with Crippen LogP contribution >= 0.6 is 0 Å². The molecule has 0 saturated carbocycles. The molecule has 0 fully saturated rings. The Morgan fingerprint density at radius 2 is 2.11 bits per heavy atom. The van der Waals surface area contributed by atoms with Gasteiger partial charge in [0.2, 0.25) is 0 Å². The van der Waals surface area contributed by atoms with Gasteiger partial charge in [-0.05, 0) is 31.0 Å². The van der Waals surface area contributed by atoms with E-state index in [1.807, 2.05) is 6.92 Å². The molecule has 19 heavy (non-hydrogen) atoms. The number of rotatable bonds is 5. The number of amides is 2. The molecule has 1 aromatic rings. The summed E-state index contributed by atoms with van der Waals surface area (Å²) in [7, 11) is 0. The van der Waals surface area contributed by atoms with Crippen LogP contribution in [0.4, 0.5) is 14.9 Å². The number of aryl methyl sites for hydroxylation is 1. The molecule has 0 spiro atoms. The highest BCUT2D eigenvalue weighted by Crippen LogP contribution is 2.16. The maximum absolute atomic E-state index is 13.1. The van der Waals surface area contributed by atoms with E-state index in [1.54, 1.807) is 13.0 Å². The summed E-state index contributed by atoms with van der Waals surface area (Å²) in [6, 6.07) is 3.51. The van der Waals surface area contributed by atoms with E-state index in [-0.39, 0.29) is 6.54 Å². The molecule has 0 aromatic heterocycles. The monoisotopic (exact) mass is 268 g/mol. The van der Waals surface area contributed by atoms with E-state index in [1.165, 1.54) is 17.0 Å². The van der Waals surface area contributed by atoms with Gasteiger partial charge in [0.1, 0.15) is 12.4 Å². The van der Waals surface area contributed by atoms with Gasteiger partial charge in [-0.15, -0.1) is 0 Å². The lowest BCUT2D eigenvalue weighted by Crippen LogP contribution is -2.39. The first kappa shape index (κ1) is 14.9. The van der Waals surface area contributed by atoms with Crippen LogP contribution in [-0.2, 0) is 4.79 Å². The van der Waals surface area contributed by atoms with Gasteiger partial charge >= 0.3 is 12.0 Å². The van der Waals surface area contributed by atoms with Crippen LogP contribution < -0.4 is 5.32 Å². The van der Waals surface area contributed by atoms with Crippen molar-refractivity contribution in [2.45, 2.75) is 20.3 Å². The van der Waals surface area contributed by atoms with E-state index in [0.29, 0.717) is 24.2 Å². The second-order valence-corrected chi connectivity index (χ2v) is 4.20. The van der Waals surface area contributed by atoms with Crippen molar-refractivity contribution in [3.05, 3.63) is 29.6 Å². The fourth-order valence-electron chi connectivity index (χ4n) is 1.61. The molecule has 1 aromatic carbocycles. The molecule has 104 valence electrons. The van der Waals surface area contributed by atoms with Gasteiger partial charge in [0.25, 0.3) is 0 Å². The summed E-state index contributed by atoms with van der Waals surface area (Å²) in [6.45, 7) is 3.52. The molecule has 0 saturated heterocycles. The fourth-order valence-corrected chi connectivity index (χ4v) is 1.61. The number of carbonyl (C=O) groups is 2. The molecule has 0 aliphatic heterocycles. The number of urea groups is 1. The minimum Gasteiger partial charge on any atom is -0.480 e. The van der Waals surface area contributed by atoms with Gasteiger partial charge in [-0.1, -0.05) is 13.0 Å². The number of hydrogen-bond donors (Lipinski definition) is 2. The Bertz CT molecular complexity index is 477. The van der Waals surface area contributed by atoms with Crippen LogP contribution in [0.3, 0.4) is 0 Å². The van der Waals surface area contributed by atoms with Gasteiger partial charge in [-0.2, -0.15) is 0 Å². The number of aliphatic carboxylic acids is 1. The van der Waals surface area contributed by atoms with Crippen LogP contribution in [0.1, 0.15) is 18.9 Å². The molecule has 0 bridgehead atoms. The third kappa shape index (κ3) is 4.57. The third-order valence-corrected chi connectivity index (χ3v) is 2.55. The largest absolute Gasteiger partial charge is 0.480 e. The Labute approximate surface area is 111 Å². The van der Waals surface area contributed by atoms with Crippen molar-refractivity contribution in [2.24, 2.45) is 0 Å². The Balaban J connectivity index is 2.80. The lowest BCUT2D eigenvalue weighted by molar-refractivity contribution is -0.137. The van der Waals surface area contributed by atoms with Crippen molar-refractivity contribution in [3.8, 4) is 0 Å². The highest BCUT2D eigenvalue weighted by molar-refractivity contribution is 5.92. The SMILES string of the molecule is CCCN(CC(=O)O)C(=O)Nc1cc(F)ccc1C. The topological polar surface area (TPSA) is 69.6 Å². The lowest BCUT2D eigenvalue weighted by Gasteiger charge is -2.21. The lowest BCUT2D eigenvalue weighted by atomic mass is 10.2. The highest BCUT2D eigenvalue weighted by Gasteiger charge is 2.16. The van der Waals surface area contributed by atoms with Crippen LogP contribution in [0.15, 0.2) is 18.2 Å². The van der Waals surface area contributed by atoms with Gasteiger partial charge in [0.05, 0.1) is 0 Å². The van der Waals surface area contributed by atoms with E-state index in [2.05, 4.69) is 5.32 Å². The first-order chi connectivity index (χ1) is 8.93. The zero-order valence-corrected chi connectivity index (χ0v) is 10.9. The summed E-state index contributed by atoms with van der Waals surface area (Å²) in [6.07, 6.45) is 0.642. The number of carbonyl (C=O) groups excluding carboxylic acids is 1. The normalized spacial score (nSPS) is 10.1. The maximum Gasteiger partial charge on any atom is 0.323 e. The summed E-state index contributed by atoms with van der Waals surface area (Å²) in [4.78, 5) is 23.8. The summed E-state index contributed by atoms with van der Waals surface area (Å²) >= 11 is 0. The number of nitrogens with one attached hydrogen (secondary N) is 1. The maximum atomic E-state index is 13.1. The van der Waals surface area contributed by atoms with Crippen LogP contribution in [0.2, 0.25) is 0 Å². The standard InChI is InChI=1S/C13H17FN2O3/c1-3-6-16(8-12(17)18)13(19)15-11-7-10(14)5-4-9(11)2/h4-5,7H,3,6,8H2,1-2H3,(H,15,19)(H,17,18). The predicted molar refractivity (Wildman–Crippen MR) is 69.7 cm³/mol. The summed E-state index contributed by atoms with van der Waals surface area (Å²) < 4.78 is 13.1. The zero-order valence-electron chi connectivity index (χ0n) is 10.9. The fraction of sp³-hybridized carbons (Fsp3) is 0.385. The third-order valence-electron chi connectivity index (χ3n) is 2.55. The molecule has 0 aliphatic rings. The Hall–Kier alpha value is -2.11. The molecule has 2 amide bonds. The van der Waals surface area contributed by atoms with Gasteiger partial charge < -0.3 is 15.3 Å². The number of anilines is 1. The van der Waals surface area contributed by atoms with Crippen LogP contribution in [0.5, 0.6) is 0 Å². The molecule has 5 nitrogen and oxygen atoms in total. The molecule has 0 unspecified atom stereocenters. The molecule has 0 heterocycles. The number of carboxylic acids is 1. The minimum atomic E-state index is -1.08. The Morgan fingerprint density at radius 3 is 2.68 bits per heavy atom. The number of nitrogens with zero attached hydrogens (tertiary/aromatic N) is 1. The van der Waals surface area contributed by atoms with Crippen molar-refractivity contribution in [2.75, 3.05) is 18.4 Å². The predicted octanol–water partition coefficient (Wildman–Crippen LogP) is 2.46. The van der Waals surface area contributed by atoms with E-state index >= 15 is 0 Å². The number of benzene rings is 1. The molecule has 0 atom stereocenters. The van der Waals surface area contributed by atoms with E-state index in [4.69, 9.17) is 5.11 Å². The summed E-state index contributed by atoms with van der Waals surface area (Å²) in [5, 5.41) is 11.3. The second-order valence-electron chi connectivity index (χ2n) is 4.20. The highest BCUT2D eigenvalue weighted by atomic mass is 19.1. The van der Waals surface area contributed by atoms with Gasteiger partial charge in [0, 0.05) is 12.2 Å². The molecule has 0 aliphatic carbocycles. The van der Waals surface area contributed by atoms with Gasteiger partial charge in [-0.25, -0.2) is 9.18 Å². The van der Waals surface area contributed by atoms with Crippen molar-refractivity contribution in [3.63, 3.8) is 0 Å². The first-order valence-corrected chi connectivity index (χ1v) is 5.98. The first-order valence-electron chi connectivity index (χ1n) is 5.98. The molecular weight excluding hydrogens is 251 g/mol. The molecule has 1 rings (SSSR count). The van der Waals surface area contributed by atoms with Crippen molar-refractivity contribution >= 4 is 17.7 Å². The zero-order chi connectivity index (χ0) is 14.4. The van der Waals surface area contributed by atoms with E-state index in [0.717, 1.165) is 0 Å². The van der Waals surface area contributed by atoms with Crippen molar-refractivity contribution < 1.29 is 19.1 Å². The average molecular weight is 268 g/mol. The molecule has 6 heteroatoms. The molecular formula is C13H17FN2O3. The number of carboxylic acid groups (broad SMARTS) is 1. The van der Waals surface area contributed by atoms with Crippen molar-refractivity contribution in [1.82, 2.24) is 4.90 Å². The Morgan fingerprint density at radius 1 is 1.42 bits per heavy atom. The van der Waals surface area contributed by atoms with Crippen LogP contribution in [0, 0.1) is 12.7 Å². The average Bonchev–Trinajstić information content (AvgIpc) is 2.32.